The van der Waals surface area contributed by atoms with Gasteiger partial charge in [-0.05, 0) is 18.6 Å². The fourth-order valence-electron chi connectivity index (χ4n) is 3.65. The van der Waals surface area contributed by atoms with E-state index in [9.17, 15) is 14.0 Å². The number of aromatic nitrogens is 1. The van der Waals surface area contributed by atoms with Crippen LogP contribution in [0.2, 0.25) is 5.02 Å². The van der Waals surface area contributed by atoms with Crippen LogP contribution in [0.3, 0.4) is 0 Å². The van der Waals surface area contributed by atoms with Gasteiger partial charge in [-0.15, -0.1) is 11.3 Å². The third-order valence-corrected chi connectivity index (χ3v) is 6.13. The van der Waals surface area contributed by atoms with Gasteiger partial charge in [-0.3, -0.25) is 9.79 Å². The lowest BCUT2D eigenvalue weighted by Gasteiger charge is -2.32. The molecule has 156 valence electrons. The van der Waals surface area contributed by atoms with Gasteiger partial charge in [-0.25, -0.2) is 14.2 Å². The van der Waals surface area contributed by atoms with Crippen LogP contribution in [0.15, 0.2) is 46.0 Å². The molecule has 1 saturated heterocycles. The van der Waals surface area contributed by atoms with Crippen molar-refractivity contribution in [2.45, 2.75) is 18.9 Å². The van der Waals surface area contributed by atoms with Crippen molar-refractivity contribution >= 4 is 40.6 Å². The average molecular weight is 449 g/mol. The highest BCUT2D eigenvalue weighted by Crippen LogP contribution is 2.39. The number of allylic oxidation sites excluding steroid dienone is 1. The molecule has 0 aliphatic carbocycles. The lowest BCUT2D eigenvalue weighted by atomic mass is 9.86. The highest BCUT2D eigenvalue weighted by molar-refractivity contribution is 7.11. The Bertz CT molecular complexity index is 1050. The molecular weight excluding hydrogens is 431 g/mol. The minimum Gasteiger partial charge on any atom is -0.466 e. The second-order valence-corrected chi connectivity index (χ2v) is 8.17. The number of hydrogen-bond donors (Lipinski definition) is 2. The topological polar surface area (TPSA) is 92.7 Å². The van der Waals surface area contributed by atoms with Crippen molar-refractivity contribution in [1.29, 1.82) is 0 Å². The Morgan fingerprint density at radius 1 is 1.40 bits per heavy atom. The second kappa shape index (κ2) is 8.53. The lowest BCUT2D eigenvalue weighted by molar-refractivity contribution is -0.136. The Balaban J connectivity index is 1.89. The van der Waals surface area contributed by atoms with Crippen LogP contribution in [0.5, 0.6) is 0 Å². The van der Waals surface area contributed by atoms with E-state index < -0.39 is 17.8 Å². The fourth-order valence-corrected chi connectivity index (χ4v) is 4.51. The van der Waals surface area contributed by atoms with Crippen LogP contribution in [0, 0.1) is 11.7 Å². The van der Waals surface area contributed by atoms with Crippen molar-refractivity contribution in [3.05, 3.63) is 62.5 Å². The van der Waals surface area contributed by atoms with Crippen LogP contribution >= 0.6 is 22.9 Å². The number of rotatable bonds is 4. The number of benzene rings is 1. The Morgan fingerprint density at radius 2 is 2.23 bits per heavy atom. The predicted molar refractivity (Wildman–Crippen MR) is 111 cm³/mol. The van der Waals surface area contributed by atoms with Crippen molar-refractivity contribution in [3.8, 4) is 0 Å². The second-order valence-electron chi connectivity index (χ2n) is 6.87. The van der Waals surface area contributed by atoms with E-state index in [0.717, 1.165) is 0 Å². The number of amides is 1. The largest absolute Gasteiger partial charge is 0.466 e. The number of carbonyl (C=O) groups excluding carboxylic acids is 2. The summed E-state index contributed by atoms with van der Waals surface area (Å²) in [5.74, 6) is -0.950. The Kier molecular flexibility index (Phi) is 5.83. The molecule has 1 aromatic heterocycles. The fraction of sp³-hybridized carbons (Fsp3) is 0.300. The van der Waals surface area contributed by atoms with Crippen molar-refractivity contribution in [2.24, 2.45) is 10.9 Å². The van der Waals surface area contributed by atoms with Crippen LogP contribution in [0.25, 0.3) is 0 Å². The van der Waals surface area contributed by atoms with Crippen molar-refractivity contribution in [1.82, 2.24) is 15.6 Å². The van der Waals surface area contributed by atoms with Gasteiger partial charge in [0, 0.05) is 46.7 Å². The SMILES string of the molecule is COC(=O)C1=C(C2CCNC(=O)C2)NC(c2nccs2)=NC1c1ccc(F)cc1Cl. The molecule has 30 heavy (non-hydrogen) atoms. The molecule has 2 aliphatic rings. The van der Waals surface area contributed by atoms with Gasteiger partial charge in [0.2, 0.25) is 5.91 Å². The number of amidine groups is 1. The number of carbonyl (C=O) groups is 2. The minimum absolute atomic E-state index is 0.0977. The van der Waals surface area contributed by atoms with E-state index in [0.29, 0.717) is 35.1 Å². The highest BCUT2D eigenvalue weighted by atomic mass is 35.5. The summed E-state index contributed by atoms with van der Waals surface area (Å²) in [5.41, 5.74) is 1.28. The molecule has 2 aromatic rings. The Labute approximate surface area is 181 Å². The van der Waals surface area contributed by atoms with Crippen LogP contribution < -0.4 is 10.6 Å². The maximum Gasteiger partial charge on any atom is 0.338 e. The number of hydrogen-bond acceptors (Lipinski definition) is 7. The van der Waals surface area contributed by atoms with Gasteiger partial charge < -0.3 is 15.4 Å². The first-order valence-electron chi connectivity index (χ1n) is 9.26. The number of thiazole rings is 1. The molecule has 1 fully saturated rings. The molecule has 1 aromatic carbocycles. The molecule has 0 spiro atoms. The zero-order valence-electron chi connectivity index (χ0n) is 15.9. The zero-order valence-corrected chi connectivity index (χ0v) is 17.5. The van der Waals surface area contributed by atoms with Gasteiger partial charge in [-0.1, -0.05) is 17.7 Å². The normalized spacial score (nSPS) is 21.6. The number of aliphatic imine (C=N–C) groups is 1. The predicted octanol–water partition coefficient (Wildman–Crippen LogP) is 2.98. The maximum atomic E-state index is 13.7. The number of piperidine rings is 1. The van der Waals surface area contributed by atoms with Crippen LogP contribution in [0.4, 0.5) is 4.39 Å². The quantitative estimate of drug-likeness (QED) is 0.701. The van der Waals surface area contributed by atoms with Crippen LogP contribution in [-0.2, 0) is 14.3 Å². The molecule has 2 aliphatic heterocycles. The number of nitrogens with zero attached hydrogens (tertiary/aromatic N) is 2. The van der Waals surface area contributed by atoms with E-state index in [1.165, 1.54) is 36.6 Å². The minimum atomic E-state index is -0.828. The zero-order chi connectivity index (χ0) is 21.3. The summed E-state index contributed by atoms with van der Waals surface area (Å²) >= 11 is 7.71. The number of esters is 1. The molecule has 2 unspecified atom stereocenters. The van der Waals surface area contributed by atoms with E-state index >= 15 is 0 Å². The Morgan fingerprint density at radius 3 is 2.90 bits per heavy atom. The van der Waals surface area contributed by atoms with Crippen LogP contribution in [-0.4, -0.2) is 36.4 Å². The van der Waals surface area contributed by atoms with Gasteiger partial charge in [0.25, 0.3) is 0 Å². The van der Waals surface area contributed by atoms with Gasteiger partial charge in [0.15, 0.2) is 10.8 Å². The third-order valence-electron chi connectivity index (χ3n) is 5.03. The number of halogens is 2. The van der Waals surface area contributed by atoms with Gasteiger partial charge >= 0.3 is 5.97 Å². The van der Waals surface area contributed by atoms with E-state index in [2.05, 4.69) is 20.6 Å². The summed E-state index contributed by atoms with van der Waals surface area (Å²) in [5, 5.41) is 8.60. The summed E-state index contributed by atoms with van der Waals surface area (Å²) in [4.78, 5) is 33.9. The molecule has 0 bridgehead atoms. The molecule has 0 saturated carbocycles. The first kappa shape index (κ1) is 20.5. The van der Waals surface area contributed by atoms with Gasteiger partial charge in [0.05, 0.1) is 12.7 Å². The molecule has 0 radical (unpaired) electrons. The van der Waals surface area contributed by atoms with Crippen molar-refractivity contribution < 1.29 is 18.7 Å². The summed E-state index contributed by atoms with van der Waals surface area (Å²) < 4.78 is 18.7. The Hall–Kier alpha value is -2.78. The third kappa shape index (κ3) is 3.95. The van der Waals surface area contributed by atoms with Crippen LogP contribution in [0.1, 0.15) is 29.5 Å². The average Bonchev–Trinajstić information content (AvgIpc) is 3.27. The van der Waals surface area contributed by atoms with Crippen molar-refractivity contribution in [2.75, 3.05) is 13.7 Å². The highest BCUT2D eigenvalue weighted by Gasteiger charge is 2.37. The molecule has 1 amide bonds. The maximum absolute atomic E-state index is 13.7. The lowest BCUT2D eigenvalue weighted by Crippen LogP contribution is -2.41. The molecule has 2 N–H and O–H groups in total. The molecule has 4 rings (SSSR count). The number of methoxy groups -OCH3 is 1. The molecule has 10 heteroatoms. The van der Waals surface area contributed by atoms with Gasteiger partial charge in [0.1, 0.15) is 11.9 Å². The molecule has 2 atom stereocenters. The van der Waals surface area contributed by atoms with E-state index in [-0.39, 0.29) is 28.8 Å². The molecular formula is C20H18ClFN4O3S. The monoisotopic (exact) mass is 448 g/mol. The summed E-state index contributed by atoms with van der Waals surface area (Å²) in [6.07, 6.45) is 2.51. The summed E-state index contributed by atoms with van der Waals surface area (Å²) in [6, 6.07) is 3.13. The summed E-state index contributed by atoms with van der Waals surface area (Å²) in [7, 11) is 1.28. The van der Waals surface area contributed by atoms with E-state index in [1.54, 1.807) is 6.20 Å². The standard InChI is InChI=1S/C20H18ClFN4O3S/c1-29-20(28)15-16(10-4-5-23-14(27)8-10)25-18(19-24-6-7-30-19)26-17(15)12-3-2-11(22)9-13(12)21/h2-3,6-7,9-10,17H,4-5,8H2,1H3,(H,23,27)(H,25,26). The summed E-state index contributed by atoms with van der Waals surface area (Å²) in [6.45, 7) is 0.495. The first-order valence-corrected chi connectivity index (χ1v) is 10.5. The number of ether oxygens (including phenoxy) is 1. The van der Waals surface area contributed by atoms with E-state index in [4.69, 9.17) is 16.3 Å². The molecule has 7 nitrogen and oxygen atoms in total. The number of nitrogens with one attached hydrogen (secondary N) is 2. The van der Waals surface area contributed by atoms with Crippen molar-refractivity contribution in [3.63, 3.8) is 0 Å². The smallest absolute Gasteiger partial charge is 0.338 e. The van der Waals surface area contributed by atoms with Gasteiger partial charge in [-0.2, -0.15) is 0 Å². The van der Waals surface area contributed by atoms with E-state index in [1.807, 2.05) is 5.38 Å². The molecule has 3 heterocycles. The first-order chi connectivity index (χ1) is 14.5.